The number of esters is 1. The highest BCUT2D eigenvalue weighted by Gasteiger charge is 2.36. The van der Waals surface area contributed by atoms with Gasteiger partial charge in [-0.3, -0.25) is 4.79 Å². The molecule has 0 fully saturated rings. The van der Waals surface area contributed by atoms with E-state index in [-0.39, 0.29) is 12.5 Å². The largest absolute Gasteiger partial charge is 0.459 e. The molecule has 0 aliphatic rings. The minimum absolute atomic E-state index is 0.128. The molecular formula is C24H38N2O5. The van der Waals surface area contributed by atoms with Crippen LogP contribution in [0.15, 0.2) is 30.3 Å². The lowest BCUT2D eigenvalue weighted by Gasteiger charge is -2.32. The number of carbonyl (C=O) groups excluding carboxylic acids is 3. The molecule has 1 aromatic rings. The van der Waals surface area contributed by atoms with E-state index in [0.29, 0.717) is 6.42 Å². The van der Waals surface area contributed by atoms with Gasteiger partial charge in [-0.1, -0.05) is 65.0 Å². The lowest BCUT2D eigenvalue weighted by atomic mass is 9.86. The van der Waals surface area contributed by atoms with Crippen LogP contribution in [0.5, 0.6) is 0 Å². The van der Waals surface area contributed by atoms with Gasteiger partial charge < -0.3 is 20.1 Å². The fourth-order valence-electron chi connectivity index (χ4n) is 2.87. The van der Waals surface area contributed by atoms with E-state index in [9.17, 15) is 14.4 Å². The summed E-state index contributed by atoms with van der Waals surface area (Å²) in [7, 11) is 0. The molecule has 0 spiro atoms. The molecule has 7 heteroatoms. The predicted molar refractivity (Wildman–Crippen MR) is 120 cm³/mol. The summed E-state index contributed by atoms with van der Waals surface area (Å²) in [6.07, 6.45) is -0.266. The van der Waals surface area contributed by atoms with E-state index in [1.165, 1.54) is 0 Å². The first-order valence-corrected chi connectivity index (χ1v) is 10.7. The SMILES string of the molecule is CC(C)CC(NC(=O)C(NC(=O)OC(C)(C)C)C(C)(C)C)C(=O)OCc1ccccc1. The van der Waals surface area contributed by atoms with E-state index in [1.807, 2.05) is 65.0 Å². The molecule has 1 aromatic carbocycles. The van der Waals surface area contributed by atoms with Crippen molar-refractivity contribution < 1.29 is 23.9 Å². The predicted octanol–water partition coefficient (Wildman–Crippen LogP) is 4.20. The van der Waals surface area contributed by atoms with Gasteiger partial charge in [0, 0.05) is 0 Å². The first-order valence-electron chi connectivity index (χ1n) is 10.7. The number of alkyl carbamates (subject to hydrolysis) is 1. The highest BCUT2D eigenvalue weighted by atomic mass is 16.6. The Morgan fingerprint density at radius 1 is 0.935 bits per heavy atom. The molecule has 0 heterocycles. The van der Waals surface area contributed by atoms with Gasteiger partial charge in [-0.2, -0.15) is 0 Å². The zero-order valence-corrected chi connectivity index (χ0v) is 20.1. The van der Waals surface area contributed by atoms with Crippen molar-refractivity contribution >= 4 is 18.0 Å². The van der Waals surface area contributed by atoms with Crippen LogP contribution < -0.4 is 10.6 Å². The van der Waals surface area contributed by atoms with Crippen molar-refractivity contribution in [2.45, 2.75) is 86.1 Å². The molecule has 7 nitrogen and oxygen atoms in total. The molecule has 31 heavy (non-hydrogen) atoms. The summed E-state index contributed by atoms with van der Waals surface area (Å²) in [4.78, 5) is 38.1. The minimum atomic E-state index is -0.890. The maximum absolute atomic E-state index is 13.1. The summed E-state index contributed by atoms with van der Waals surface area (Å²) in [5.41, 5.74) is -0.425. The fourth-order valence-corrected chi connectivity index (χ4v) is 2.87. The summed E-state index contributed by atoms with van der Waals surface area (Å²) >= 11 is 0. The van der Waals surface area contributed by atoms with Gasteiger partial charge in [-0.15, -0.1) is 0 Å². The summed E-state index contributed by atoms with van der Waals surface area (Å²) < 4.78 is 10.7. The zero-order chi connectivity index (χ0) is 23.8. The number of ether oxygens (including phenoxy) is 2. The van der Waals surface area contributed by atoms with Crippen molar-refractivity contribution in [1.82, 2.24) is 10.6 Å². The molecule has 0 bridgehead atoms. The molecule has 0 aliphatic carbocycles. The van der Waals surface area contributed by atoms with Crippen LogP contribution in [-0.2, 0) is 25.7 Å². The van der Waals surface area contributed by atoms with Gasteiger partial charge in [0.15, 0.2) is 0 Å². The summed E-state index contributed by atoms with van der Waals surface area (Å²) in [6.45, 7) is 14.8. The van der Waals surface area contributed by atoms with Crippen LogP contribution >= 0.6 is 0 Å². The number of hydrogen-bond acceptors (Lipinski definition) is 5. The van der Waals surface area contributed by atoms with E-state index in [2.05, 4.69) is 10.6 Å². The number of benzene rings is 1. The van der Waals surface area contributed by atoms with Crippen LogP contribution in [0.3, 0.4) is 0 Å². The van der Waals surface area contributed by atoms with Crippen molar-refractivity contribution in [3.05, 3.63) is 35.9 Å². The highest BCUT2D eigenvalue weighted by Crippen LogP contribution is 2.21. The second kappa shape index (κ2) is 11.2. The monoisotopic (exact) mass is 434 g/mol. The molecule has 0 saturated carbocycles. The fraction of sp³-hybridized carbons (Fsp3) is 0.625. The molecule has 2 amide bonds. The molecule has 174 valence electrons. The van der Waals surface area contributed by atoms with Crippen LogP contribution in [-0.4, -0.2) is 35.7 Å². The number of rotatable bonds is 8. The van der Waals surface area contributed by atoms with E-state index >= 15 is 0 Å². The maximum Gasteiger partial charge on any atom is 0.408 e. The van der Waals surface area contributed by atoms with Crippen molar-refractivity contribution in [2.75, 3.05) is 0 Å². The molecule has 2 atom stereocenters. The third-order valence-corrected chi connectivity index (χ3v) is 4.32. The smallest absolute Gasteiger partial charge is 0.408 e. The first kappa shape index (κ1) is 26.5. The Morgan fingerprint density at radius 3 is 2.00 bits per heavy atom. The van der Waals surface area contributed by atoms with Crippen molar-refractivity contribution in [3.8, 4) is 0 Å². The zero-order valence-electron chi connectivity index (χ0n) is 20.1. The van der Waals surface area contributed by atoms with Gasteiger partial charge in [-0.25, -0.2) is 9.59 Å². The van der Waals surface area contributed by atoms with Gasteiger partial charge in [-0.05, 0) is 44.1 Å². The van der Waals surface area contributed by atoms with Crippen LogP contribution in [0, 0.1) is 11.3 Å². The van der Waals surface area contributed by atoms with Gasteiger partial charge >= 0.3 is 12.1 Å². The highest BCUT2D eigenvalue weighted by molar-refractivity contribution is 5.90. The Hall–Kier alpha value is -2.57. The van der Waals surface area contributed by atoms with Crippen LogP contribution in [0.4, 0.5) is 4.79 Å². The van der Waals surface area contributed by atoms with E-state index < -0.39 is 41.1 Å². The van der Waals surface area contributed by atoms with E-state index in [4.69, 9.17) is 9.47 Å². The van der Waals surface area contributed by atoms with E-state index in [0.717, 1.165) is 5.56 Å². The standard InChI is InChI=1S/C24H38N2O5/c1-16(2)14-18(21(28)30-15-17-12-10-9-11-13-17)25-20(27)19(23(3,4)5)26-22(29)31-24(6,7)8/h9-13,16,18-19H,14-15H2,1-8H3,(H,25,27)(H,26,29). The van der Waals surface area contributed by atoms with Gasteiger partial charge in [0.05, 0.1) is 0 Å². The molecule has 0 aromatic heterocycles. The Balaban J connectivity index is 2.89. The Morgan fingerprint density at radius 2 is 1.52 bits per heavy atom. The molecule has 2 unspecified atom stereocenters. The average molecular weight is 435 g/mol. The van der Waals surface area contributed by atoms with Crippen molar-refractivity contribution in [3.63, 3.8) is 0 Å². The Bertz CT molecular complexity index is 733. The summed E-state index contributed by atoms with van der Waals surface area (Å²) in [5.74, 6) is -0.807. The van der Waals surface area contributed by atoms with Gasteiger partial charge in [0.1, 0.15) is 24.3 Å². The van der Waals surface area contributed by atoms with Crippen LogP contribution in [0.25, 0.3) is 0 Å². The van der Waals surface area contributed by atoms with Gasteiger partial charge in [0.2, 0.25) is 5.91 Å². The third-order valence-electron chi connectivity index (χ3n) is 4.32. The first-order chi connectivity index (χ1) is 14.2. The van der Waals surface area contributed by atoms with Crippen molar-refractivity contribution in [1.29, 1.82) is 0 Å². The molecule has 0 saturated heterocycles. The van der Waals surface area contributed by atoms with Crippen LogP contribution in [0.1, 0.15) is 67.4 Å². The summed E-state index contributed by atoms with van der Waals surface area (Å²) in [5, 5.41) is 5.42. The topological polar surface area (TPSA) is 93.7 Å². The van der Waals surface area contributed by atoms with Crippen LogP contribution in [0.2, 0.25) is 0 Å². The lowest BCUT2D eigenvalue weighted by molar-refractivity contribution is -0.150. The van der Waals surface area contributed by atoms with E-state index in [1.54, 1.807) is 20.8 Å². The molecule has 1 rings (SSSR count). The maximum atomic E-state index is 13.1. The van der Waals surface area contributed by atoms with Crippen molar-refractivity contribution in [2.24, 2.45) is 11.3 Å². The number of hydrogen-bond donors (Lipinski definition) is 2. The number of amides is 2. The quantitative estimate of drug-likeness (QED) is 0.598. The summed E-state index contributed by atoms with van der Waals surface area (Å²) in [6, 6.07) is 7.64. The molecular weight excluding hydrogens is 396 g/mol. The average Bonchev–Trinajstić information content (AvgIpc) is 2.61. The molecule has 0 aliphatic heterocycles. The Labute approximate surface area is 186 Å². The molecule has 0 radical (unpaired) electrons. The van der Waals surface area contributed by atoms with Gasteiger partial charge in [0.25, 0.3) is 0 Å². The number of carbonyl (C=O) groups is 3. The molecule has 2 N–H and O–H groups in total. The Kier molecular flexibility index (Phi) is 9.53. The normalized spacial score (nSPS) is 13.8. The lowest BCUT2D eigenvalue weighted by Crippen LogP contribution is -2.57. The number of nitrogens with one attached hydrogen (secondary N) is 2. The minimum Gasteiger partial charge on any atom is -0.459 e. The second-order valence-electron chi connectivity index (χ2n) is 10.2. The third kappa shape index (κ3) is 10.3. The second-order valence-corrected chi connectivity index (χ2v) is 10.2.